The lowest BCUT2D eigenvalue weighted by Crippen LogP contribution is -1.94. The summed E-state index contributed by atoms with van der Waals surface area (Å²) in [5.74, 6) is -0.594. The quantitative estimate of drug-likeness (QED) is 0.412. The van der Waals surface area contributed by atoms with Crippen LogP contribution in [-0.2, 0) is 6.67 Å². The van der Waals surface area contributed by atoms with Gasteiger partial charge in [-0.15, -0.1) is 0 Å². The Morgan fingerprint density at radius 3 is 2.83 bits per heavy atom. The van der Waals surface area contributed by atoms with Crippen molar-refractivity contribution in [2.24, 2.45) is 5.16 Å². The molecule has 0 spiro atoms. The van der Waals surface area contributed by atoms with Gasteiger partial charge in [-0.25, -0.2) is 8.78 Å². The molecule has 0 bridgehead atoms. The number of nitrogens with zero attached hydrogens (tertiary/aromatic N) is 1. The second kappa shape index (κ2) is 3.80. The van der Waals surface area contributed by atoms with Crippen molar-refractivity contribution in [3.05, 3.63) is 35.1 Å². The van der Waals surface area contributed by atoms with Crippen LogP contribution in [0.4, 0.5) is 8.78 Å². The van der Waals surface area contributed by atoms with Crippen molar-refractivity contribution in [3.8, 4) is 0 Å². The van der Waals surface area contributed by atoms with Gasteiger partial charge in [-0.05, 0) is 11.6 Å². The van der Waals surface area contributed by atoms with E-state index in [9.17, 15) is 8.78 Å². The second-order valence-corrected chi connectivity index (χ2v) is 2.19. The van der Waals surface area contributed by atoms with Crippen molar-refractivity contribution in [2.75, 3.05) is 0 Å². The van der Waals surface area contributed by atoms with Gasteiger partial charge in [-0.3, -0.25) is 0 Å². The molecule has 12 heavy (non-hydrogen) atoms. The summed E-state index contributed by atoms with van der Waals surface area (Å²) >= 11 is 0. The highest BCUT2D eigenvalue weighted by atomic mass is 19.1. The summed E-state index contributed by atoms with van der Waals surface area (Å²) in [5, 5.41) is 10.8. The Bertz CT molecular complexity index is 299. The number of rotatable bonds is 2. The Balaban J connectivity index is 3.19. The van der Waals surface area contributed by atoms with Gasteiger partial charge in [0, 0.05) is 5.56 Å². The molecule has 0 heterocycles. The summed E-state index contributed by atoms with van der Waals surface area (Å²) < 4.78 is 25.0. The summed E-state index contributed by atoms with van der Waals surface area (Å²) in [5.41, 5.74) is 0.162. The fourth-order valence-corrected chi connectivity index (χ4v) is 0.901. The Kier molecular flexibility index (Phi) is 2.74. The molecule has 1 aromatic rings. The molecule has 0 aliphatic rings. The minimum absolute atomic E-state index is 0.0116. The fourth-order valence-electron chi connectivity index (χ4n) is 0.901. The van der Waals surface area contributed by atoms with Crippen molar-refractivity contribution in [1.29, 1.82) is 0 Å². The topological polar surface area (TPSA) is 32.6 Å². The first kappa shape index (κ1) is 8.64. The second-order valence-electron chi connectivity index (χ2n) is 2.19. The molecule has 0 saturated carbocycles. The zero-order valence-electron chi connectivity index (χ0n) is 6.17. The molecule has 0 aromatic heterocycles. The van der Waals surface area contributed by atoms with Crippen molar-refractivity contribution in [3.63, 3.8) is 0 Å². The average Bonchev–Trinajstić information content (AvgIpc) is 2.09. The zero-order chi connectivity index (χ0) is 8.97. The van der Waals surface area contributed by atoms with E-state index in [-0.39, 0.29) is 11.1 Å². The summed E-state index contributed by atoms with van der Waals surface area (Å²) in [7, 11) is 0. The number of alkyl halides is 1. The minimum Gasteiger partial charge on any atom is -0.411 e. The van der Waals surface area contributed by atoms with Gasteiger partial charge in [0.25, 0.3) is 0 Å². The van der Waals surface area contributed by atoms with E-state index in [4.69, 9.17) is 5.21 Å². The highest BCUT2D eigenvalue weighted by molar-refractivity contribution is 5.81. The van der Waals surface area contributed by atoms with Gasteiger partial charge >= 0.3 is 0 Å². The molecule has 0 unspecified atom stereocenters. The van der Waals surface area contributed by atoms with Crippen molar-refractivity contribution in [2.45, 2.75) is 6.67 Å². The smallest absolute Gasteiger partial charge is 0.132 e. The standard InChI is InChI=1S/C8H7F2NO/c9-4-6-2-1-3-8(10)7(6)5-11-12/h1-3,5,12H,4H2/b11-5+. The third-order valence-electron chi connectivity index (χ3n) is 1.47. The normalized spacial score (nSPS) is 10.8. The molecule has 64 valence electrons. The number of hydrogen-bond donors (Lipinski definition) is 1. The van der Waals surface area contributed by atoms with Gasteiger partial charge in [-0.1, -0.05) is 17.3 Å². The van der Waals surface area contributed by atoms with Crippen LogP contribution in [0.15, 0.2) is 23.4 Å². The van der Waals surface area contributed by atoms with Crippen LogP contribution in [-0.4, -0.2) is 11.4 Å². The molecule has 0 amide bonds. The highest BCUT2D eigenvalue weighted by Gasteiger charge is 2.04. The first-order valence-electron chi connectivity index (χ1n) is 3.30. The van der Waals surface area contributed by atoms with Crippen molar-refractivity contribution < 1.29 is 14.0 Å². The Morgan fingerprint density at radius 1 is 1.50 bits per heavy atom. The maximum Gasteiger partial charge on any atom is 0.132 e. The lowest BCUT2D eigenvalue weighted by Gasteiger charge is -2.00. The Labute approximate surface area is 68.1 Å². The molecule has 1 aromatic carbocycles. The fraction of sp³-hybridized carbons (Fsp3) is 0.125. The zero-order valence-corrected chi connectivity index (χ0v) is 6.17. The lowest BCUT2D eigenvalue weighted by molar-refractivity contribution is 0.321. The van der Waals surface area contributed by atoms with Gasteiger partial charge in [0.1, 0.15) is 12.5 Å². The molecule has 0 saturated heterocycles. The van der Waals surface area contributed by atoms with E-state index >= 15 is 0 Å². The van der Waals surface area contributed by atoms with E-state index in [1.165, 1.54) is 18.2 Å². The molecule has 0 fully saturated rings. The van der Waals surface area contributed by atoms with Crippen LogP contribution in [0.25, 0.3) is 0 Å². The third-order valence-corrected chi connectivity index (χ3v) is 1.47. The molecule has 1 rings (SSSR count). The first-order chi connectivity index (χ1) is 5.79. The third kappa shape index (κ3) is 1.58. The van der Waals surface area contributed by atoms with Gasteiger partial charge in [0.05, 0.1) is 6.21 Å². The van der Waals surface area contributed by atoms with Crippen LogP contribution < -0.4 is 0 Å². The van der Waals surface area contributed by atoms with Crippen LogP contribution in [0.5, 0.6) is 0 Å². The molecule has 1 N–H and O–H groups in total. The number of benzene rings is 1. The van der Waals surface area contributed by atoms with Gasteiger partial charge in [0.2, 0.25) is 0 Å². The monoisotopic (exact) mass is 171 g/mol. The molecular weight excluding hydrogens is 164 g/mol. The number of halogens is 2. The molecule has 0 atom stereocenters. The molecule has 0 radical (unpaired) electrons. The number of hydrogen-bond acceptors (Lipinski definition) is 2. The van der Waals surface area contributed by atoms with Gasteiger partial charge in [-0.2, -0.15) is 0 Å². The average molecular weight is 171 g/mol. The van der Waals surface area contributed by atoms with Crippen LogP contribution in [0.3, 0.4) is 0 Å². The van der Waals surface area contributed by atoms with E-state index in [2.05, 4.69) is 5.16 Å². The predicted octanol–water partition coefficient (Wildman–Crippen LogP) is 2.10. The van der Waals surface area contributed by atoms with Crippen LogP contribution >= 0.6 is 0 Å². The van der Waals surface area contributed by atoms with E-state index in [1.54, 1.807) is 0 Å². The molecule has 4 heteroatoms. The Hall–Kier alpha value is -1.45. The van der Waals surface area contributed by atoms with Crippen LogP contribution in [0.2, 0.25) is 0 Å². The maximum atomic E-state index is 12.9. The summed E-state index contributed by atoms with van der Waals surface area (Å²) in [6.45, 7) is -0.779. The Morgan fingerprint density at radius 2 is 2.25 bits per heavy atom. The van der Waals surface area contributed by atoms with E-state index in [0.29, 0.717) is 0 Å². The lowest BCUT2D eigenvalue weighted by atomic mass is 10.1. The molecule has 2 nitrogen and oxygen atoms in total. The largest absolute Gasteiger partial charge is 0.411 e. The van der Waals surface area contributed by atoms with Gasteiger partial charge in [0.15, 0.2) is 0 Å². The molecule has 0 aliphatic carbocycles. The van der Waals surface area contributed by atoms with Crippen LogP contribution in [0.1, 0.15) is 11.1 Å². The van der Waals surface area contributed by atoms with E-state index in [0.717, 1.165) is 6.21 Å². The van der Waals surface area contributed by atoms with Gasteiger partial charge < -0.3 is 5.21 Å². The molecular formula is C8H7F2NO. The van der Waals surface area contributed by atoms with E-state index < -0.39 is 12.5 Å². The maximum absolute atomic E-state index is 12.9. The van der Waals surface area contributed by atoms with Crippen molar-refractivity contribution >= 4 is 6.21 Å². The summed E-state index contributed by atoms with van der Waals surface area (Å²) in [4.78, 5) is 0. The highest BCUT2D eigenvalue weighted by Crippen LogP contribution is 2.12. The predicted molar refractivity (Wildman–Crippen MR) is 40.6 cm³/mol. The molecule has 0 aliphatic heterocycles. The number of oxime groups is 1. The SMILES string of the molecule is O/N=C/c1c(F)cccc1CF. The first-order valence-corrected chi connectivity index (χ1v) is 3.30. The van der Waals surface area contributed by atoms with E-state index in [1.807, 2.05) is 0 Å². The van der Waals surface area contributed by atoms with Crippen molar-refractivity contribution in [1.82, 2.24) is 0 Å². The summed E-state index contributed by atoms with van der Waals surface area (Å²) in [6, 6.07) is 4.01. The minimum atomic E-state index is -0.779. The van der Waals surface area contributed by atoms with Crippen LogP contribution in [0, 0.1) is 5.82 Å². The summed E-state index contributed by atoms with van der Waals surface area (Å²) in [6.07, 6.45) is 0.879.